The summed E-state index contributed by atoms with van der Waals surface area (Å²) in [5.41, 5.74) is 0. The lowest BCUT2D eigenvalue weighted by molar-refractivity contribution is 0.169. The van der Waals surface area contributed by atoms with E-state index in [-0.39, 0.29) is 0 Å². The molecule has 0 aromatic rings. The smallest absolute Gasteiger partial charge is 0.0226 e. The summed E-state index contributed by atoms with van der Waals surface area (Å²) in [6.07, 6.45) is 9.54. The third-order valence-electron chi connectivity index (χ3n) is 3.45. The van der Waals surface area contributed by atoms with E-state index in [2.05, 4.69) is 11.8 Å². The molecule has 1 atom stereocenters. The van der Waals surface area contributed by atoms with Crippen LogP contribution in [0.4, 0.5) is 0 Å². The molecule has 1 aliphatic rings. The van der Waals surface area contributed by atoms with Crippen LogP contribution in [0.2, 0.25) is 0 Å². The van der Waals surface area contributed by atoms with Gasteiger partial charge < -0.3 is 4.90 Å². The molecule has 1 fully saturated rings. The maximum absolute atomic E-state index is 5.81. The molecule has 1 nitrogen and oxygen atoms in total. The summed E-state index contributed by atoms with van der Waals surface area (Å²) in [6.45, 7) is 6.22. The number of hydrogen-bond donors (Lipinski definition) is 0. The van der Waals surface area contributed by atoms with Crippen molar-refractivity contribution >= 4 is 11.6 Å². The van der Waals surface area contributed by atoms with Crippen LogP contribution in [0, 0.1) is 5.92 Å². The van der Waals surface area contributed by atoms with Gasteiger partial charge in [-0.25, -0.2) is 0 Å². The highest BCUT2D eigenvalue weighted by Gasteiger charge is 2.18. The Morgan fingerprint density at radius 1 is 1.27 bits per heavy atom. The lowest BCUT2D eigenvalue weighted by atomic mass is 9.95. The molecule has 1 saturated heterocycles. The Bertz CT molecular complexity index is 147. The van der Waals surface area contributed by atoms with E-state index in [0.717, 1.165) is 11.8 Å². The van der Waals surface area contributed by atoms with Crippen LogP contribution in [-0.2, 0) is 0 Å². The van der Waals surface area contributed by atoms with Gasteiger partial charge in [-0.2, -0.15) is 0 Å². The Labute approximate surface area is 100 Å². The average molecular weight is 232 g/mol. The number of rotatable bonds is 7. The van der Waals surface area contributed by atoms with E-state index in [4.69, 9.17) is 11.6 Å². The molecule has 90 valence electrons. The van der Waals surface area contributed by atoms with Gasteiger partial charge in [0.2, 0.25) is 0 Å². The number of halogens is 1. The molecule has 0 N–H and O–H groups in total. The van der Waals surface area contributed by atoms with Crippen molar-refractivity contribution in [3.05, 3.63) is 0 Å². The third kappa shape index (κ3) is 5.77. The van der Waals surface area contributed by atoms with E-state index in [1.807, 2.05) is 0 Å². The molecule has 0 amide bonds. The number of likely N-dealkylation sites (tertiary alicyclic amines) is 1. The van der Waals surface area contributed by atoms with Gasteiger partial charge >= 0.3 is 0 Å². The normalized spacial score (nSPS) is 23.2. The fraction of sp³-hybridized carbons (Fsp3) is 1.00. The van der Waals surface area contributed by atoms with Crippen LogP contribution in [0.15, 0.2) is 0 Å². The molecule has 1 heterocycles. The van der Waals surface area contributed by atoms with E-state index >= 15 is 0 Å². The van der Waals surface area contributed by atoms with E-state index in [1.165, 1.54) is 64.6 Å². The molecule has 2 heteroatoms. The van der Waals surface area contributed by atoms with Gasteiger partial charge in [-0.05, 0) is 44.7 Å². The van der Waals surface area contributed by atoms with E-state index in [9.17, 15) is 0 Å². The average Bonchev–Trinajstić information content (AvgIpc) is 2.26. The number of hydrogen-bond acceptors (Lipinski definition) is 1. The van der Waals surface area contributed by atoms with Crippen LogP contribution < -0.4 is 0 Å². The highest BCUT2D eigenvalue weighted by Crippen LogP contribution is 2.20. The Morgan fingerprint density at radius 3 is 2.87 bits per heavy atom. The first kappa shape index (κ1) is 13.3. The van der Waals surface area contributed by atoms with Crippen molar-refractivity contribution in [1.29, 1.82) is 0 Å². The van der Waals surface area contributed by atoms with Gasteiger partial charge in [0.15, 0.2) is 0 Å². The van der Waals surface area contributed by atoms with Crippen molar-refractivity contribution in [2.75, 3.05) is 25.5 Å². The maximum atomic E-state index is 5.81. The van der Waals surface area contributed by atoms with Crippen LogP contribution in [0.5, 0.6) is 0 Å². The van der Waals surface area contributed by atoms with Gasteiger partial charge in [0.05, 0.1) is 0 Å². The Kier molecular flexibility index (Phi) is 7.46. The molecule has 0 bridgehead atoms. The molecule has 1 aliphatic heterocycles. The monoisotopic (exact) mass is 231 g/mol. The Morgan fingerprint density at radius 2 is 2.13 bits per heavy atom. The quantitative estimate of drug-likeness (QED) is 0.475. The first-order chi connectivity index (χ1) is 7.36. The zero-order valence-electron chi connectivity index (χ0n) is 10.2. The molecule has 0 aromatic heterocycles. The summed E-state index contributed by atoms with van der Waals surface area (Å²) in [7, 11) is 0. The second-order valence-corrected chi connectivity index (χ2v) is 5.23. The molecular weight excluding hydrogens is 206 g/mol. The predicted molar refractivity (Wildman–Crippen MR) is 68.6 cm³/mol. The van der Waals surface area contributed by atoms with Crippen molar-refractivity contribution < 1.29 is 0 Å². The summed E-state index contributed by atoms with van der Waals surface area (Å²) in [5, 5.41) is 0. The SMILES string of the molecule is CCCCCCN1CCCC(CCCl)C1. The molecule has 0 radical (unpaired) electrons. The molecule has 0 spiro atoms. The van der Waals surface area contributed by atoms with E-state index < -0.39 is 0 Å². The first-order valence-corrected chi connectivity index (χ1v) is 7.18. The van der Waals surface area contributed by atoms with Gasteiger partial charge in [0.25, 0.3) is 0 Å². The number of piperidine rings is 1. The number of nitrogens with zero attached hydrogens (tertiary/aromatic N) is 1. The summed E-state index contributed by atoms with van der Waals surface area (Å²) >= 11 is 5.81. The highest BCUT2D eigenvalue weighted by atomic mass is 35.5. The fourth-order valence-electron chi connectivity index (χ4n) is 2.51. The van der Waals surface area contributed by atoms with Crippen LogP contribution in [0.25, 0.3) is 0 Å². The lowest BCUT2D eigenvalue weighted by Gasteiger charge is -2.32. The van der Waals surface area contributed by atoms with Gasteiger partial charge in [-0.3, -0.25) is 0 Å². The summed E-state index contributed by atoms with van der Waals surface area (Å²) in [5.74, 6) is 1.72. The minimum Gasteiger partial charge on any atom is -0.303 e. The third-order valence-corrected chi connectivity index (χ3v) is 3.67. The van der Waals surface area contributed by atoms with E-state index in [1.54, 1.807) is 0 Å². The van der Waals surface area contributed by atoms with Crippen LogP contribution >= 0.6 is 11.6 Å². The Hall–Kier alpha value is 0.250. The minimum atomic E-state index is 0.842. The van der Waals surface area contributed by atoms with Crippen molar-refractivity contribution in [2.45, 2.75) is 51.9 Å². The predicted octanol–water partition coefficient (Wildman–Crippen LogP) is 3.91. The molecule has 0 aliphatic carbocycles. The largest absolute Gasteiger partial charge is 0.303 e. The molecule has 0 saturated carbocycles. The van der Waals surface area contributed by atoms with Gasteiger partial charge in [0, 0.05) is 12.4 Å². The van der Waals surface area contributed by atoms with Gasteiger partial charge in [-0.15, -0.1) is 11.6 Å². The number of alkyl halides is 1. The maximum Gasteiger partial charge on any atom is 0.0226 e. The fourth-order valence-corrected chi connectivity index (χ4v) is 2.82. The molecule has 15 heavy (non-hydrogen) atoms. The second kappa shape index (κ2) is 8.41. The van der Waals surface area contributed by atoms with Crippen LogP contribution in [0.3, 0.4) is 0 Å². The molecule has 1 rings (SSSR count). The summed E-state index contributed by atoms with van der Waals surface area (Å²) in [4.78, 5) is 2.65. The number of unbranched alkanes of at least 4 members (excludes halogenated alkanes) is 3. The lowest BCUT2D eigenvalue weighted by Crippen LogP contribution is -2.36. The van der Waals surface area contributed by atoms with E-state index in [0.29, 0.717) is 0 Å². The van der Waals surface area contributed by atoms with Crippen LogP contribution in [0.1, 0.15) is 51.9 Å². The Balaban J connectivity index is 2.07. The minimum absolute atomic E-state index is 0.842. The molecular formula is C13H26ClN. The molecule has 1 unspecified atom stereocenters. The highest BCUT2D eigenvalue weighted by molar-refractivity contribution is 6.17. The van der Waals surface area contributed by atoms with Crippen molar-refractivity contribution in [3.63, 3.8) is 0 Å². The van der Waals surface area contributed by atoms with Gasteiger partial charge in [-0.1, -0.05) is 26.2 Å². The summed E-state index contributed by atoms with van der Waals surface area (Å²) < 4.78 is 0. The van der Waals surface area contributed by atoms with Crippen molar-refractivity contribution in [2.24, 2.45) is 5.92 Å². The topological polar surface area (TPSA) is 3.24 Å². The zero-order chi connectivity index (χ0) is 10.9. The standard InChI is InChI=1S/C13H26ClN/c1-2-3-4-5-10-15-11-6-7-13(12-15)8-9-14/h13H,2-12H2,1H3. The first-order valence-electron chi connectivity index (χ1n) is 6.65. The van der Waals surface area contributed by atoms with Crippen LogP contribution in [-0.4, -0.2) is 30.4 Å². The zero-order valence-corrected chi connectivity index (χ0v) is 10.9. The summed E-state index contributed by atoms with van der Waals surface area (Å²) in [6, 6.07) is 0. The van der Waals surface area contributed by atoms with Crippen molar-refractivity contribution in [1.82, 2.24) is 4.90 Å². The van der Waals surface area contributed by atoms with Gasteiger partial charge in [0.1, 0.15) is 0 Å². The second-order valence-electron chi connectivity index (χ2n) is 4.85. The van der Waals surface area contributed by atoms with Crippen molar-refractivity contribution in [3.8, 4) is 0 Å². The molecule has 0 aromatic carbocycles.